The Labute approximate surface area is 111 Å². The normalized spacial score (nSPS) is 30.9. The molecule has 3 heterocycles. The van der Waals surface area contributed by atoms with Gasteiger partial charge in [0.05, 0.1) is 12.2 Å². The molecule has 2 aliphatic rings. The molecule has 0 aliphatic carbocycles. The van der Waals surface area contributed by atoms with Gasteiger partial charge in [-0.05, 0) is 26.3 Å². The summed E-state index contributed by atoms with van der Waals surface area (Å²) in [5, 5.41) is 0. The molecule has 1 aromatic rings. The van der Waals surface area contributed by atoms with Crippen LogP contribution in [0.3, 0.4) is 0 Å². The molecule has 1 aromatic heterocycles. The largest absolute Gasteiger partial charge is 0.468 e. The van der Waals surface area contributed by atoms with E-state index in [9.17, 15) is 4.79 Å². The summed E-state index contributed by atoms with van der Waals surface area (Å²) in [6.07, 6.45) is 2.41. The Bertz CT molecular complexity index is 530. The lowest BCUT2D eigenvalue weighted by atomic mass is 9.91. The predicted molar refractivity (Wildman–Crippen MR) is 67.1 cm³/mol. The van der Waals surface area contributed by atoms with Gasteiger partial charge in [0.25, 0.3) is 0 Å². The Balaban J connectivity index is 1.92. The second kappa shape index (κ2) is 4.20. The van der Waals surface area contributed by atoms with Gasteiger partial charge in [0.15, 0.2) is 0 Å². The van der Waals surface area contributed by atoms with Crippen LogP contribution in [0.15, 0.2) is 12.3 Å². The number of esters is 1. The van der Waals surface area contributed by atoms with Crippen LogP contribution in [0, 0.1) is 0 Å². The molecule has 0 spiro atoms. The molecule has 0 bridgehead atoms. The van der Waals surface area contributed by atoms with Gasteiger partial charge in [0.1, 0.15) is 17.8 Å². The van der Waals surface area contributed by atoms with Crippen molar-refractivity contribution in [2.75, 3.05) is 6.61 Å². The molecule has 1 saturated heterocycles. The molecule has 5 nitrogen and oxygen atoms in total. The first-order valence-corrected chi connectivity index (χ1v) is 6.60. The summed E-state index contributed by atoms with van der Waals surface area (Å²) >= 11 is 0. The maximum atomic E-state index is 11.7. The van der Waals surface area contributed by atoms with E-state index < -0.39 is 0 Å². The van der Waals surface area contributed by atoms with Crippen molar-refractivity contribution in [2.24, 2.45) is 0 Å². The summed E-state index contributed by atoms with van der Waals surface area (Å²) in [4.78, 5) is 15.9. The quantitative estimate of drug-likeness (QED) is 0.618. The maximum absolute atomic E-state index is 11.7. The van der Waals surface area contributed by atoms with E-state index in [1.54, 1.807) is 13.0 Å². The van der Waals surface area contributed by atoms with Gasteiger partial charge in [-0.1, -0.05) is 6.92 Å². The van der Waals surface area contributed by atoms with Gasteiger partial charge in [-0.2, -0.15) is 0 Å². The van der Waals surface area contributed by atoms with E-state index in [0.29, 0.717) is 18.1 Å². The Kier molecular flexibility index (Phi) is 2.74. The molecule has 1 fully saturated rings. The van der Waals surface area contributed by atoms with Crippen molar-refractivity contribution in [1.82, 2.24) is 4.98 Å². The number of hydrogen-bond donors (Lipinski definition) is 0. The Hall–Kier alpha value is -1.62. The molecule has 5 heteroatoms. The van der Waals surface area contributed by atoms with Crippen LogP contribution in [0.5, 0.6) is 5.88 Å². The Morgan fingerprint density at radius 2 is 2.32 bits per heavy atom. The third-order valence-electron chi connectivity index (χ3n) is 3.82. The summed E-state index contributed by atoms with van der Waals surface area (Å²) in [7, 11) is 0. The molecular formula is C14H17NO4. The fourth-order valence-electron chi connectivity index (χ4n) is 2.45. The first-order valence-electron chi connectivity index (χ1n) is 6.60. The fourth-order valence-corrected chi connectivity index (χ4v) is 2.45. The first kappa shape index (κ1) is 12.4. The highest BCUT2D eigenvalue weighted by Gasteiger charge is 2.58. The van der Waals surface area contributed by atoms with Gasteiger partial charge in [0.2, 0.25) is 5.88 Å². The lowest BCUT2D eigenvalue weighted by Crippen LogP contribution is -2.40. The molecule has 3 atom stereocenters. The van der Waals surface area contributed by atoms with Crippen LogP contribution in [0.25, 0.3) is 0 Å². The number of pyridine rings is 1. The first-order chi connectivity index (χ1) is 9.09. The molecule has 0 N–H and O–H groups in total. The number of nitrogens with zero attached hydrogens (tertiary/aromatic N) is 1. The molecule has 0 radical (unpaired) electrons. The average Bonchev–Trinajstić information content (AvgIpc) is 3.20. The van der Waals surface area contributed by atoms with Crippen LogP contribution in [-0.2, 0) is 9.47 Å². The molecular weight excluding hydrogens is 246 g/mol. The Morgan fingerprint density at radius 3 is 3.00 bits per heavy atom. The minimum atomic E-state index is -0.362. The molecule has 0 saturated carbocycles. The second-order valence-corrected chi connectivity index (χ2v) is 5.08. The van der Waals surface area contributed by atoms with E-state index in [1.807, 2.05) is 6.92 Å². The van der Waals surface area contributed by atoms with E-state index in [0.717, 1.165) is 12.0 Å². The average molecular weight is 263 g/mol. The van der Waals surface area contributed by atoms with Crippen LogP contribution in [-0.4, -0.2) is 29.3 Å². The number of aromatic nitrogens is 1. The van der Waals surface area contributed by atoms with Crippen molar-refractivity contribution < 1.29 is 19.0 Å². The summed E-state index contributed by atoms with van der Waals surface area (Å²) in [6, 6.07) is 1.76. The van der Waals surface area contributed by atoms with Crippen LogP contribution < -0.4 is 4.74 Å². The third-order valence-corrected chi connectivity index (χ3v) is 3.82. The maximum Gasteiger partial charge on any atom is 0.339 e. The van der Waals surface area contributed by atoms with Crippen molar-refractivity contribution in [3.63, 3.8) is 0 Å². The van der Waals surface area contributed by atoms with Crippen LogP contribution in [0.1, 0.15) is 49.2 Å². The lowest BCUT2D eigenvalue weighted by Gasteiger charge is -2.31. The number of epoxide rings is 1. The van der Waals surface area contributed by atoms with Crippen molar-refractivity contribution in [2.45, 2.75) is 45.0 Å². The minimum absolute atomic E-state index is 0.00410. The van der Waals surface area contributed by atoms with E-state index in [4.69, 9.17) is 14.2 Å². The van der Waals surface area contributed by atoms with Gasteiger partial charge >= 0.3 is 5.97 Å². The molecule has 2 aliphatic heterocycles. The van der Waals surface area contributed by atoms with Gasteiger partial charge in [-0.15, -0.1) is 0 Å². The van der Waals surface area contributed by atoms with Crippen LogP contribution in [0.4, 0.5) is 0 Å². The van der Waals surface area contributed by atoms with E-state index in [2.05, 4.69) is 11.9 Å². The van der Waals surface area contributed by atoms with Crippen molar-refractivity contribution >= 4 is 5.97 Å². The number of carbonyl (C=O) groups excluding carboxylic acids is 1. The van der Waals surface area contributed by atoms with Gasteiger partial charge < -0.3 is 14.2 Å². The van der Waals surface area contributed by atoms with Gasteiger partial charge in [-0.25, -0.2) is 9.78 Å². The molecule has 0 aromatic carbocycles. The lowest BCUT2D eigenvalue weighted by molar-refractivity contribution is 0.0447. The zero-order valence-corrected chi connectivity index (χ0v) is 11.3. The highest BCUT2D eigenvalue weighted by Crippen LogP contribution is 2.54. The highest BCUT2D eigenvalue weighted by molar-refractivity contribution is 5.89. The smallest absolute Gasteiger partial charge is 0.339 e. The topological polar surface area (TPSA) is 61.0 Å². The molecule has 0 amide bonds. The summed E-state index contributed by atoms with van der Waals surface area (Å²) < 4.78 is 16.6. The second-order valence-electron chi connectivity index (χ2n) is 5.08. The zero-order valence-electron chi connectivity index (χ0n) is 11.3. The number of fused-ring (bicyclic) bond motifs is 3. The standard InChI is InChI=1S/C14H17NO4/c1-4-14(3)11-10(18-11)9-6-8(13(16)17-5-2)7-15-12(9)19-14/h6-7,10-11H,4-5H2,1-3H3. The summed E-state index contributed by atoms with van der Waals surface area (Å²) in [6.45, 7) is 6.22. The third kappa shape index (κ3) is 1.89. The van der Waals surface area contributed by atoms with Gasteiger partial charge in [0, 0.05) is 11.8 Å². The van der Waals surface area contributed by atoms with E-state index in [-0.39, 0.29) is 23.8 Å². The van der Waals surface area contributed by atoms with Crippen molar-refractivity contribution in [3.05, 3.63) is 23.4 Å². The molecule has 102 valence electrons. The number of carbonyl (C=O) groups is 1. The number of rotatable bonds is 3. The summed E-state index contributed by atoms with van der Waals surface area (Å²) in [5.41, 5.74) is 0.968. The van der Waals surface area contributed by atoms with Crippen LogP contribution in [0.2, 0.25) is 0 Å². The SMILES string of the molecule is CCOC(=O)c1cnc2c(c1)C1OC1C(C)(CC)O2. The highest BCUT2D eigenvalue weighted by atomic mass is 16.6. The molecule has 19 heavy (non-hydrogen) atoms. The van der Waals surface area contributed by atoms with Crippen LogP contribution >= 0.6 is 0 Å². The number of ether oxygens (including phenoxy) is 3. The molecule has 3 rings (SSSR count). The van der Waals surface area contributed by atoms with E-state index in [1.165, 1.54) is 6.20 Å². The summed E-state index contributed by atoms with van der Waals surface area (Å²) in [5.74, 6) is 0.204. The Morgan fingerprint density at radius 1 is 1.53 bits per heavy atom. The van der Waals surface area contributed by atoms with E-state index >= 15 is 0 Å². The van der Waals surface area contributed by atoms with Crippen molar-refractivity contribution in [3.8, 4) is 5.88 Å². The minimum Gasteiger partial charge on any atom is -0.468 e. The monoisotopic (exact) mass is 263 g/mol. The van der Waals surface area contributed by atoms with Gasteiger partial charge in [-0.3, -0.25) is 0 Å². The number of hydrogen-bond acceptors (Lipinski definition) is 5. The van der Waals surface area contributed by atoms with Crippen molar-refractivity contribution in [1.29, 1.82) is 0 Å². The zero-order chi connectivity index (χ0) is 13.6. The molecule has 3 unspecified atom stereocenters. The predicted octanol–water partition coefficient (Wildman–Crippen LogP) is 2.26. The fraction of sp³-hybridized carbons (Fsp3) is 0.571.